The molecule has 10 nitrogen and oxygen atoms in total. The number of methoxy groups -OCH3 is 1. The van der Waals surface area contributed by atoms with Gasteiger partial charge in [0, 0.05) is 63.5 Å². The van der Waals surface area contributed by atoms with Crippen molar-refractivity contribution in [3.05, 3.63) is 65.1 Å². The standard InChI is InChI=1S/C30H35FN4O6/c1-7-41-30(39)35-17-24(27(36)29(38)32(4)5)22-12-23(26(40-6)13-25(22)35)28(37)34-15-18(2)33(14-19(34)3)16-20-8-10-21(31)11-9-20/h8-13,17-19H,7,14-16H2,1-6H3. The summed E-state index contributed by atoms with van der Waals surface area (Å²) in [5, 5.41) is 0.262. The first-order valence-electron chi connectivity index (χ1n) is 13.4. The SMILES string of the molecule is CCOC(=O)n1cc(C(=O)C(=O)N(C)C)c2cc(C(=O)N3CC(C)N(Cc4ccc(F)cc4)CC3C)c(OC)cc21. The van der Waals surface area contributed by atoms with Crippen molar-refractivity contribution in [2.24, 2.45) is 0 Å². The fraction of sp³-hybridized carbons (Fsp3) is 0.400. The molecule has 0 spiro atoms. The fourth-order valence-corrected chi connectivity index (χ4v) is 5.11. The van der Waals surface area contributed by atoms with E-state index in [1.54, 1.807) is 24.0 Å². The van der Waals surface area contributed by atoms with Crippen LogP contribution in [0.2, 0.25) is 0 Å². The molecule has 4 rings (SSSR count). The van der Waals surface area contributed by atoms with Crippen molar-refractivity contribution in [3.8, 4) is 5.75 Å². The first kappa shape index (κ1) is 29.7. The van der Waals surface area contributed by atoms with E-state index in [1.165, 1.54) is 51.7 Å². The number of halogens is 1. The average molecular weight is 567 g/mol. The molecule has 2 amide bonds. The number of ketones is 1. The number of amides is 2. The highest BCUT2D eigenvalue weighted by atomic mass is 19.1. The number of hydrogen-bond donors (Lipinski definition) is 0. The lowest BCUT2D eigenvalue weighted by Gasteiger charge is -2.44. The molecule has 2 unspecified atom stereocenters. The summed E-state index contributed by atoms with van der Waals surface area (Å²) in [4.78, 5) is 57.5. The van der Waals surface area contributed by atoms with Crippen LogP contribution in [-0.4, -0.2) is 95.9 Å². The van der Waals surface area contributed by atoms with Gasteiger partial charge in [-0.05, 0) is 44.5 Å². The largest absolute Gasteiger partial charge is 0.496 e. The number of benzene rings is 2. The van der Waals surface area contributed by atoms with Crippen LogP contribution in [0.15, 0.2) is 42.6 Å². The van der Waals surface area contributed by atoms with Gasteiger partial charge >= 0.3 is 6.09 Å². The Bertz CT molecular complexity index is 1480. The van der Waals surface area contributed by atoms with Crippen LogP contribution < -0.4 is 4.74 Å². The highest BCUT2D eigenvalue weighted by Crippen LogP contribution is 2.32. The Hall–Kier alpha value is -4.25. The van der Waals surface area contributed by atoms with Crippen LogP contribution in [0.5, 0.6) is 5.75 Å². The highest BCUT2D eigenvalue weighted by Gasteiger charge is 2.34. The van der Waals surface area contributed by atoms with Crippen LogP contribution in [0.25, 0.3) is 10.9 Å². The van der Waals surface area contributed by atoms with E-state index in [2.05, 4.69) is 4.90 Å². The van der Waals surface area contributed by atoms with Gasteiger partial charge in [0.05, 0.1) is 30.4 Å². The Labute approximate surface area is 238 Å². The topological polar surface area (TPSA) is 101 Å². The molecular weight excluding hydrogens is 531 g/mol. The quantitative estimate of drug-likeness (QED) is 0.317. The van der Waals surface area contributed by atoms with Crippen LogP contribution in [0.3, 0.4) is 0 Å². The smallest absolute Gasteiger partial charge is 0.418 e. The van der Waals surface area contributed by atoms with Crippen molar-refractivity contribution >= 4 is 34.6 Å². The molecule has 0 saturated carbocycles. The minimum Gasteiger partial charge on any atom is -0.496 e. The van der Waals surface area contributed by atoms with Crippen LogP contribution in [-0.2, 0) is 16.1 Å². The Balaban J connectivity index is 1.70. The summed E-state index contributed by atoms with van der Waals surface area (Å²) >= 11 is 0. The molecule has 0 aliphatic carbocycles. The van der Waals surface area contributed by atoms with Crippen LogP contribution in [0.4, 0.5) is 9.18 Å². The maximum Gasteiger partial charge on any atom is 0.418 e. The molecule has 2 aromatic carbocycles. The van der Waals surface area contributed by atoms with E-state index in [-0.39, 0.29) is 58.2 Å². The molecule has 3 aromatic rings. The summed E-state index contributed by atoms with van der Waals surface area (Å²) < 4.78 is 25.2. The highest BCUT2D eigenvalue weighted by molar-refractivity contribution is 6.45. The lowest BCUT2D eigenvalue weighted by molar-refractivity contribution is -0.124. The van der Waals surface area contributed by atoms with Gasteiger partial charge in [0.2, 0.25) is 0 Å². The second-order valence-electron chi connectivity index (χ2n) is 10.4. The lowest BCUT2D eigenvalue weighted by Crippen LogP contribution is -2.57. The summed E-state index contributed by atoms with van der Waals surface area (Å²) in [5.41, 5.74) is 1.44. The van der Waals surface area contributed by atoms with Crippen LogP contribution >= 0.6 is 0 Å². The second-order valence-corrected chi connectivity index (χ2v) is 10.4. The minimum absolute atomic E-state index is 0.00896. The summed E-state index contributed by atoms with van der Waals surface area (Å²) in [6.07, 6.45) is 0.536. The van der Waals surface area contributed by atoms with Crippen LogP contribution in [0, 0.1) is 5.82 Å². The van der Waals surface area contributed by atoms with E-state index >= 15 is 0 Å². The number of nitrogens with zero attached hydrogens (tertiary/aromatic N) is 4. The first-order valence-corrected chi connectivity index (χ1v) is 13.4. The van der Waals surface area contributed by atoms with Gasteiger partial charge in [0.25, 0.3) is 17.6 Å². The van der Waals surface area contributed by atoms with Crippen molar-refractivity contribution in [2.75, 3.05) is 40.9 Å². The Kier molecular flexibility index (Phi) is 8.77. The molecule has 0 radical (unpaired) electrons. The van der Waals surface area contributed by atoms with E-state index < -0.39 is 17.8 Å². The van der Waals surface area contributed by atoms with Gasteiger partial charge in [0.1, 0.15) is 11.6 Å². The van der Waals surface area contributed by atoms with Crippen LogP contribution in [0.1, 0.15) is 47.1 Å². The maximum atomic E-state index is 14.0. The number of ether oxygens (including phenoxy) is 2. The van der Waals surface area contributed by atoms with E-state index in [1.807, 2.05) is 13.8 Å². The fourth-order valence-electron chi connectivity index (χ4n) is 5.11. The zero-order valence-electron chi connectivity index (χ0n) is 24.1. The zero-order chi connectivity index (χ0) is 30.0. The van der Waals surface area contributed by atoms with Gasteiger partial charge in [-0.3, -0.25) is 23.9 Å². The zero-order valence-corrected chi connectivity index (χ0v) is 24.1. The number of piperazine rings is 1. The normalized spacial score (nSPS) is 17.4. The predicted octanol–water partition coefficient (Wildman–Crippen LogP) is 3.80. The van der Waals surface area contributed by atoms with E-state index in [9.17, 15) is 23.6 Å². The minimum atomic E-state index is -0.817. The van der Waals surface area contributed by atoms with Crippen molar-refractivity contribution in [1.82, 2.24) is 19.3 Å². The molecule has 2 heterocycles. The third-order valence-electron chi connectivity index (χ3n) is 7.34. The molecular formula is C30H35FN4O6. The number of fused-ring (bicyclic) bond motifs is 1. The van der Waals surface area contributed by atoms with E-state index in [0.29, 0.717) is 19.6 Å². The molecule has 11 heteroatoms. The molecule has 2 atom stereocenters. The molecule has 1 fully saturated rings. The van der Waals surface area contributed by atoms with E-state index in [4.69, 9.17) is 9.47 Å². The Morgan fingerprint density at radius 3 is 2.29 bits per heavy atom. The van der Waals surface area contributed by atoms with Crippen molar-refractivity contribution < 1.29 is 33.0 Å². The molecule has 41 heavy (non-hydrogen) atoms. The summed E-state index contributed by atoms with van der Waals surface area (Å²) in [5.74, 6) is -1.95. The van der Waals surface area contributed by atoms with E-state index in [0.717, 1.165) is 15.0 Å². The van der Waals surface area contributed by atoms with Gasteiger partial charge in [-0.25, -0.2) is 9.18 Å². The molecule has 1 aliphatic heterocycles. The van der Waals surface area contributed by atoms with Gasteiger partial charge < -0.3 is 19.3 Å². The summed E-state index contributed by atoms with van der Waals surface area (Å²) in [6, 6.07) is 9.24. The number of rotatable bonds is 7. The average Bonchev–Trinajstić information content (AvgIpc) is 3.32. The predicted molar refractivity (Wildman–Crippen MR) is 151 cm³/mol. The number of Topliss-reactive ketones (excluding diaryl/α,β-unsaturated/α-hetero) is 1. The molecule has 0 bridgehead atoms. The van der Waals surface area contributed by atoms with Gasteiger partial charge in [-0.1, -0.05) is 12.1 Å². The lowest BCUT2D eigenvalue weighted by atomic mass is 10.0. The number of hydrogen-bond acceptors (Lipinski definition) is 7. The number of carbonyl (C=O) groups excluding carboxylic acids is 4. The van der Waals surface area contributed by atoms with Crippen molar-refractivity contribution in [1.29, 1.82) is 0 Å². The Morgan fingerprint density at radius 2 is 1.68 bits per heavy atom. The van der Waals surface area contributed by atoms with Crippen molar-refractivity contribution in [2.45, 2.75) is 39.4 Å². The monoisotopic (exact) mass is 566 g/mol. The number of likely N-dealkylation sites (N-methyl/N-ethyl adjacent to an activating group) is 1. The first-order chi connectivity index (χ1) is 19.5. The maximum absolute atomic E-state index is 14.0. The van der Waals surface area contributed by atoms with Gasteiger partial charge in [-0.15, -0.1) is 0 Å². The summed E-state index contributed by atoms with van der Waals surface area (Å²) in [7, 11) is 4.34. The molecule has 0 N–H and O–H groups in total. The van der Waals surface area contributed by atoms with Crippen molar-refractivity contribution in [3.63, 3.8) is 0 Å². The van der Waals surface area contributed by atoms with Gasteiger partial charge in [-0.2, -0.15) is 0 Å². The molecule has 1 aromatic heterocycles. The number of aromatic nitrogens is 1. The molecule has 218 valence electrons. The molecule has 1 aliphatic rings. The third-order valence-corrected chi connectivity index (χ3v) is 7.34. The second kappa shape index (κ2) is 12.1. The summed E-state index contributed by atoms with van der Waals surface area (Å²) in [6.45, 7) is 7.38. The molecule has 1 saturated heterocycles. The van der Waals surface area contributed by atoms with Gasteiger partial charge in [0.15, 0.2) is 0 Å². The Morgan fingerprint density at radius 1 is 1.00 bits per heavy atom. The number of carbonyl (C=O) groups is 4. The third kappa shape index (κ3) is 5.95.